The summed E-state index contributed by atoms with van der Waals surface area (Å²) < 4.78 is 0. The van der Waals surface area contributed by atoms with E-state index in [4.69, 9.17) is 0 Å². The normalized spacial score (nSPS) is 10.6. The highest BCUT2D eigenvalue weighted by Gasteiger charge is 2.09. The summed E-state index contributed by atoms with van der Waals surface area (Å²) in [6.07, 6.45) is 3.59. The van der Waals surface area contributed by atoms with Gasteiger partial charge in [0.2, 0.25) is 0 Å². The molecule has 0 aliphatic carbocycles. The summed E-state index contributed by atoms with van der Waals surface area (Å²) in [6.45, 7) is 0.712. The average Bonchev–Trinajstić information content (AvgIpc) is 2.47. The van der Waals surface area contributed by atoms with E-state index in [2.05, 4.69) is 26.1 Å². The van der Waals surface area contributed by atoms with Crippen molar-refractivity contribution in [2.45, 2.75) is 6.54 Å². The number of pyridine rings is 1. The van der Waals surface area contributed by atoms with Gasteiger partial charge in [0.05, 0.1) is 18.4 Å². The summed E-state index contributed by atoms with van der Waals surface area (Å²) in [7, 11) is 2.01. The lowest BCUT2D eigenvalue weighted by molar-refractivity contribution is 0.851. The molecule has 0 bridgehead atoms. The largest absolute Gasteiger partial charge is 0.352 e. The maximum Gasteiger partial charge on any atom is 0.159 e. The van der Waals surface area contributed by atoms with Crippen LogP contribution in [0.5, 0.6) is 0 Å². The van der Waals surface area contributed by atoms with E-state index in [1.54, 1.807) is 12.4 Å². The lowest BCUT2D eigenvalue weighted by Crippen LogP contribution is -2.19. The van der Waals surface area contributed by atoms with Gasteiger partial charge in [-0.3, -0.25) is 4.98 Å². The van der Waals surface area contributed by atoms with Gasteiger partial charge in [0, 0.05) is 24.0 Å². The zero-order valence-corrected chi connectivity index (χ0v) is 10.7. The molecule has 3 aromatic rings. The van der Waals surface area contributed by atoms with Gasteiger partial charge in [0.1, 0.15) is 0 Å². The first-order valence-corrected chi connectivity index (χ1v) is 6.16. The molecule has 0 aliphatic rings. The van der Waals surface area contributed by atoms with E-state index in [0.717, 1.165) is 22.3 Å². The summed E-state index contributed by atoms with van der Waals surface area (Å²) >= 11 is 0. The van der Waals surface area contributed by atoms with E-state index in [0.29, 0.717) is 6.54 Å². The number of benzene rings is 1. The lowest BCUT2D eigenvalue weighted by atomic mass is 10.2. The summed E-state index contributed by atoms with van der Waals surface area (Å²) in [6, 6.07) is 14.0. The van der Waals surface area contributed by atoms with Gasteiger partial charge in [-0.2, -0.15) is 5.10 Å². The van der Waals surface area contributed by atoms with E-state index < -0.39 is 0 Å². The van der Waals surface area contributed by atoms with Gasteiger partial charge in [0.25, 0.3) is 0 Å². The lowest BCUT2D eigenvalue weighted by Gasteiger charge is -2.18. The van der Waals surface area contributed by atoms with Crippen LogP contribution in [0.15, 0.2) is 54.9 Å². The first-order chi connectivity index (χ1) is 9.34. The molecular formula is C15H14N4. The van der Waals surface area contributed by atoms with Crippen molar-refractivity contribution >= 4 is 16.6 Å². The molecule has 3 rings (SSSR count). The maximum atomic E-state index is 4.33. The van der Waals surface area contributed by atoms with Gasteiger partial charge >= 0.3 is 0 Å². The highest BCUT2D eigenvalue weighted by molar-refractivity contribution is 5.91. The molecule has 0 unspecified atom stereocenters. The minimum atomic E-state index is 0.712. The second-order valence-electron chi connectivity index (χ2n) is 4.43. The van der Waals surface area contributed by atoms with Gasteiger partial charge in [-0.1, -0.05) is 30.3 Å². The Morgan fingerprint density at radius 2 is 1.89 bits per heavy atom. The fraction of sp³-hybridized carbons (Fsp3) is 0.133. The zero-order valence-electron chi connectivity index (χ0n) is 10.7. The molecule has 19 heavy (non-hydrogen) atoms. The Bertz CT molecular complexity index is 677. The molecule has 0 saturated heterocycles. The summed E-state index contributed by atoms with van der Waals surface area (Å²) in [5.41, 5.74) is 1.01. The molecule has 94 valence electrons. The Balaban J connectivity index is 1.96. The van der Waals surface area contributed by atoms with Crippen LogP contribution < -0.4 is 4.90 Å². The Kier molecular flexibility index (Phi) is 3.06. The molecule has 1 aromatic carbocycles. The molecule has 4 nitrogen and oxygen atoms in total. The third kappa shape index (κ3) is 2.38. The van der Waals surface area contributed by atoms with Crippen molar-refractivity contribution in [1.29, 1.82) is 0 Å². The minimum absolute atomic E-state index is 0.712. The standard InChI is InChI=1S/C15H14N4/c1-19(11-13-7-4-5-9-16-13)15-14-8-3-2-6-12(14)10-17-18-15/h2-10H,11H2,1H3. The molecule has 2 heterocycles. The number of aromatic nitrogens is 3. The first kappa shape index (κ1) is 11.6. The Morgan fingerprint density at radius 1 is 1.05 bits per heavy atom. The van der Waals surface area contributed by atoms with E-state index in [9.17, 15) is 0 Å². The van der Waals surface area contributed by atoms with Crippen LogP contribution in [0.4, 0.5) is 5.82 Å². The van der Waals surface area contributed by atoms with Crippen LogP contribution in [0.3, 0.4) is 0 Å². The number of hydrogen-bond donors (Lipinski definition) is 0. The second-order valence-corrected chi connectivity index (χ2v) is 4.43. The van der Waals surface area contributed by atoms with Crippen LogP contribution in [-0.4, -0.2) is 22.2 Å². The molecule has 0 spiro atoms. The van der Waals surface area contributed by atoms with Crippen molar-refractivity contribution in [3.8, 4) is 0 Å². The van der Waals surface area contributed by atoms with Crippen LogP contribution in [-0.2, 0) is 6.54 Å². The fourth-order valence-corrected chi connectivity index (χ4v) is 2.10. The van der Waals surface area contributed by atoms with Crippen LogP contribution in [0.25, 0.3) is 10.8 Å². The predicted octanol–water partition coefficient (Wildman–Crippen LogP) is 2.66. The molecule has 0 aliphatic heterocycles. The maximum absolute atomic E-state index is 4.33. The minimum Gasteiger partial charge on any atom is -0.352 e. The Labute approximate surface area is 111 Å². The van der Waals surface area contributed by atoms with Crippen molar-refractivity contribution in [3.05, 3.63) is 60.6 Å². The average molecular weight is 250 g/mol. The van der Waals surface area contributed by atoms with Crippen LogP contribution in [0, 0.1) is 0 Å². The van der Waals surface area contributed by atoms with E-state index in [1.807, 2.05) is 43.4 Å². The monoisotopic (exact) mass is 250 g/mol. The zero-order chi connectivity index (χ0) is 13.1. The number of anilines is 1. The van der Waals surface area contributed by atoms with Gasteiger partial charge in [-0.25, -0.2) is 0 Å². The molecule has 0 saturated carbocycles. The second kappa shape index (κ2) is 5.02. The van der Waals surface area contributed by atoms with Crippen molar-refractivity contribution < 1.29 is 0 Å². The molecular weight excluding hydrogens is 236 g/mol. The van der Waals surface area contributed by atoms with Crippen LogP contribution in [0.2, 0.25) is 0 Å². The number of hydrogen-bond acceptors (Lipinski definition) is 4. The highest BCUT2D eigenvalue weighted by Crippen LogP contribution is 2.22. The summed E-state index contributed by atoms with van der Waals surface area (Å²) in [5, 5.41) is 10.5. The van der Waals surface area contributed by atoms with Crippen molar-refractivity contribution in [2.75, 3.05) is 11.9 Å². The highest BCUT2D eigenvalue weighted by atomic mass is 15.2. The number of fused-ring (bicyclic) bond motifs is 1. The van der Waals surface area contributed by atoms with Crippen LogP contribution >= 0.6 is 0 Å². The van der Waals surface area contributed by atoms with Crippen molar-refractivity contribution in [3.63, 3.8) is 0 Å². The number of rotatable bonds is 3. The fourth-order valence-electron chi connectivity index (χ4n) is 2.10. The van der Waals surface area contributed by atoms with Crippen molar-refractivity contribution in [2.24, 2.45) is 0 Å². The molecule has 0 N–H and O–H groups in total. The number of nitrogens with zero attached hydrogens (tertiary/aromatic N) is 4. The van der Waals surface area contributed by atoms with E-state index in [1.165, 1.54) is 0 Å². The molecule has 0 atom stereocenters. The summed E-state index contributed by atoms with van der Waals surface area (Å²) in [4.78, 5) is 6.40. The van der Waals surface area contributed by atoms with Gasteiger partial charge < -0.3 is 4.90 Å². The molecule has 0 fully saturated rings. The van der Waals surface area contributed by atoms with Crippen LogP contribution in [0.1, 0.15) is 5.69 Å². The van der Waals surface area contributed by atoms with E-state index >= 15 is 0 Å². The molecule has 0 radical (unpaired) electrons. The van der Waals surface area contributed by atoms with Gasteiger partial charge in [0.15, 0.2) is 5.82 Å². The topological polar surface area (TPSA) is 41.9 Å². The smallest absolute Gasteiger partial charge is 0.159 e. The van der Waals surface area contributed by atoms with E-state index in [-0.39, 0.29) is 0 Å². The summed E-state index contributed by atoms with van der Waals surface area (Å²) in [5.74, 6) is 0.878. The molecule has 0 amide bonds. The third-order valence-corrected chi connectivity index (χ3v) is 3.04. The predicted molar refractivity (Wildman–Crippen MR) is 75.9 cm³/mol. The first-order valence-electron chi connectivity index (χ1n) is 6.16. The van der Waals surface area contributed by atoms with Crippen molar-refractivity contribution in [1.82, 2.24) is 15.2 Å². The third-order valence-electron chi connectivity index (χ3n) is 3.04. The van der Waals surface area contributed by atoms with Gasteiger partial charge in [-0.05, 0) is 12.1 Å². The Morgan fingerprint density at radius 3 is 2.74 bits per heavy atom. The van der Waals surface area contributed by atoms with Gasteiger partial charge in [-0.15, -0.1) is 5.10 Å². The quantitative estimate of drug-likeness (QED) is 0.716. The molecule has 4 heteroatoms. The molecule has 2 aromatic heterocycles. The SMILES string of the molecule is CN(Cc1ccccn1)c1nncc2ccccc12. The Hall–Kier alpha value is -2.49.